The maximum Gasteiger partial charge on any atom is 0.225 e. The van der Waals surface area contributed by atoms with Gasteiger partial charge in [0.2, 0.25) is 5.95 Å². The first-order valence-electron chi connectivity index (χ1n) is 10.5. The number of allylic oxidation sites excluding steroid dienone is 1. The summed E-state index contributed by atoms with van der Waals surface area (Å²) in [4.78, 5) is 14.5. The molecule has 4 heterocycles. The number of fused-ring (bicyclic) bond motifs is 4. The van der Waals surface area contributed by atoms with Crippen LogP contribution < -0.4 is 4.90 Å². The van der Waals surface area contributed by atoms with Gasteiger partial charge in [-0.05, 0) is 37.7 Å². The lowest BCUT2D eigenvalue weighted by molar-refractivity contribution is 0.164. The maximum atomic E-state index is 10.7. The van der Waals surface area contributed by atoms with Crippen molar-refractivity contribution in [2.24, 2.45) is 0 Å². The van der Waals surface area contributed by atoms with E-state index in [-0.39, 0.29) is 0 Å². The van der Waals surface area contributed by atoms with Crippen molar-refractivity contribution in [2.45, 2.75) is 57.2 Å². The molecule has 1 N–H and O–H groups in total. The van der Waals surface area contributed by atoms with Gasteiger partial charge in [-0.3, -0.25) is 4.90 Å². The number of benzene rings is 1. The van der Waals surface area contributed by atoms with Crippen LogP contribution in [0.3, 0.4) is 0 Å². The summed E-state index contributed by atoms with van der Waals surface area (Å²) in [5, 5.41) is 10.7. The van der Waals surface area contributed by atoms with Crippen LogP contribution in [0.4, 0.5) is 5.95 Å². The van der Waals surface area contributed by atoms with E-state index in [0.717, 1.165) is 49.6 Å². The fraction of sp³-hybridized carbons (Fsp3) is 0.478. The average molecular weight is 377 g/mol. The molecule has 2 unspecified atom stereocenters. The highest BCUT2D eigenvalue weighted by molar-refractivity contribution is 5.42. The second-order valence-corrected chi connectivity index (χ2v) is 8.31. The summed E-state index contributed by atoms with van der Waals surface area (Å²) in [6.07, 6.45) is 10.4. The molecule has 3 aliphatic rings. The molecule has 2 aromatic rings. The first-order chi connectivity index (χ1) is 13.7. The van der Waals surface area contributed by atoms with Crippen LogP contribution in [0.5, 0.6) is 5.75 Å². The van der Waals surface area contributed by atoms with E-state index in [9.17, 15) is 5.11 Å². The van der Waals surface area contributed by atoms with E-state index in [1.807, 2.05) is 24.3 Å². The van der Waals surface area contributed by atoms with Gasteiger partial charge in [0.05, 0.1) is 5.69 Å². The zero-order valence-corrected chi connectivity index (χ0v) is 16.3. The Labute approximate surface area is 166 Å². The van der Waals surface area contributed by atoms with Crippen LogP contribution in [0.15, 0.2) is 37.1 Å². The minimum absolute atomic E-state index is 0.365. The zero-order valence-electron chi connectivity index (χ0n) is 16.3. The van der Waals surface area contributed by atoms with Gasteiger partial charge in [-0.25, -0.2) is 9.97 Å². The molecule has 0 aliphatic carbocycles. The van der Waals surface area contributed by atoms with E-state index in [1.54, 1.807) is 0 Å². The highest BCUT2D eigenvalue weighted by Gasteiger charge is 2.41. The quantitative estimate of drug-likeness (QED) is 0.805. The van der Waals surface area contributed by atoms with Crippen LogP contribution in [0.25, 0.3) is 0 Å². The Kier molecular flexibility index (Phi) is 4.55. The van der Waals surface area contributed by atoms with Crippen LogP contribution >= 0.6 is 0 Å². The fourth-order valence-electron chi connectivity index (χ4n) is 5.17. The highest BCUT2D eigenvalue weighted by atomic mass is 16.3. The van der Waals surface area contributed by atoms with E-state index in [2.05, 4.69) is 22.6 Å². The number of nitrogens with zero attached hydrogens (tertiary/aromatic N) is 4. The number of rotatable bonds is 5. The van der Waals surface area contributed by atoms with Crippen molar-refractivity contribution in [1.82, 2.24) is 14.9 Å². The van der Waals surface area contributed by atoms with Crippen LogP contribution in [-0.4, -0.2) is 39.1 Å². The number of hydrogen-bond acceptors (Lipinski definition) is 5. The second kappa shape index (κ2) is 7.21. The molecule has 2 saturated heterocycles. The van der Waals surface area contributed by atoms with Crippen molar-refractivity contribution in [3.8, 4) is 5.75 Å². The van der Waals surface area contributed by atoms with Gasteiger partial charge >= 0.3 is 0 Å². The minimum atomic E-state index is 0.365. The predicted molar refractivity (Wildman–Crippen MR) is 110 cm³/mol. The summed E-state index contributed by atoms with van der Waals surface area (Å²) in [7, 11) is 0. The third-order valence-corrected chi connectivity index (χ3v) is 6.63. The van der Waals surface area contributed by atoms with E-state index in [1.165, 1.54) is 30.5 Å². The molecule has 146 valence electrons. The van der Waals surface area contributed by atoms with Crippen molar-refractivity contribution < 1.29 is 5.11 Å². The Morgan fingerprint density at radius 3 is 2.82 bits per heavy atom. The number of para-hydroxylation sites is 1. The molecule has 2 fully saturated rings. The third-order valence-electron chi connectivity index (χ3n) is 6.63. The van der Waals surface area contributed by atoms with Crippen LogP contribution in [-0.2, 0) is 19.4 Å². The largest absolute Gasteiger partial charge is 0.507 e. The van der Waals surface area contributed by atoms with Crippen molar-refractivity contribution in [2.75, 3.05) is 18.0 Å². The van der Waals surface area contributed by atoms with Crippen molar-refractivity contribution in [1.29, 1.82) is 0 Å². The van der Waals surface area contributed by atoms with Gasteiger partial charge in [0, 0.05) is 55.5 Å². The maximum absolute atomic E-state index is 10.7. The van der Waals surface area contributed by atoms with Gasteiger partial charge in [0.25, 0.3) is 0 Å². The lowest BCUT2D eigenvalue weighted by Gasteiger charge is -2.36. The number of anilines is 1. The summed E-state index contributed by atoms with van der Waals surface area (Å²) in [6.45, 7) is 6.74. The van der Waals surface area contributed by atoms with Gasteiger partial charge < -0.3 is 10.0 Å². The zero-order chi connectivity index (χ0) is 19.1. The van der Waals surface area contributed by atoms with E-state index in [4.69, 9.17) is 9.97 Å². The summed E-state index contributed by atoms with van der Waals surface area (Å²) in [5.41, 5.74) is 4.49. The monoisotopic (exact) mass is 376 g/mol. The van der Waals surface area contributed by atoms with Gasteiger partial charge in [0.15, 0.2) is 0 Å². The van der Waals surface area contributed by atoms with Crippen molar-refractivity contribution in [3.63, 3.8) is 0 Å². The molecule has 1 aromatic heterocycles. The van der Waals surface area contributed by atoms with E-state index < -0.39 is 0 Å². The van der Waals surface area contributed by atoms with Crippen molar-refractivity contribution in [3.05, 3.63) is 59.4 Å². The molecule has 0 saturated carbocycles. The van der Waals surface area contributed by atoms with Crippen molar-refractivity contribution >= 4 is 5.95 Å². The molecule has 2 bridgehead atoms. The molecular formula is C23H28N4O. The van der Waals surface area contributed by atoms with Crippen LogP contribution in [0, 0.1) is 0 Å². The molecular weight excluding hydrogens is 348 g/mol. The molecule has 0 amide bonds. The summed E-state index contributed by atoms with van der Waals surface area (Å²) < 4.78 is 0. The van der Waals surface area contributed by atoms with Gasteiger partial charge in [0.1, 0.15) is 5.75 Å². The number of aromatic hydroxyl groups is 1. The molecule has 3 aliphatic heterocycles. The predicted octanol–water partition coefficient (Wildman–Crippen LogP) is 3.77. The molecule has 0 spiro atoms. The first-order valence-corrected chi connectivity index (χ1v) is 10.5. The number of phenols is 1. The second-order valence-electron chi connectivity index (χ2n) is 8.31. The molecule has 5 nitrogen and oxygen atoms in total. The first kappa shape index (κ1) is 17.7. The lowest BCUT2D eigenvalue weighted by atomic mass is 9.97. The summed E-state index contributed by atoms with van der Waals surface area (Å²) in [6, 6.07) is 6.93. The Bertz CT molecular complexity index is 890. The Morgan fingerprint density at radius 2 is 2.00 bits per heavy atom. The highest BCUT2D eigenvalue weighted by Crippen LogP contribution is 2.44. The Morgan fingerprint density at radius 1 is 1.18 bits per heavy atom. The molecule has 28 heavy (non-hydrogen) atoms. The smallest absolute Gasteiger partial charge is 0.225 e. The molecule has 2 atom stereocenters. The third kappa shape index (κ3) is 2.98. The number of hydrogen-bond donors (Lipinski definition) is 1. The van der Waals surface area contributed by atoms with E-state index >= 15 is 0 Å². The SMILES string of the molecule is C=CCc1cccc(CN2C3CCC2c2cnc(N4CCCC4)nc2C3)c1O. The number of aromatic nitrogens is 2. The Hall–Kier alpha value is -2.40. The molecule has 5 rings (SSSR count). The minimum Gasteiger partial charge on any atom is -0.507 e. The summed E-state index contributed by atoms with van der Waals surface area (Å²) >= 11 is 0. The van der Waals surface area contributed by atoms with E-state index in [0.29, 0.717) is 24.3 Å². The molecule has 5 heteroatoms. The van der Waals surface area contributed by atoms with Gasteiger partial charge in [-0.15, -0.1) is 6.58 Å². The molecule has 0 radical (unpaired) electrons. The number of phenolic OH excluding ortho intramolecular Hbond substituents is 1. The Balaban J connectivity index is 1.41. The van der Waals surface area contributed by atoms with Gasteiger partial charge in [-0.2, -0.15) is 0 Å². The topological polar surface area (TPSA) is 52.5 Å². The molecule has 1 aromatic carbocycles. The van der Waals surface area contributed by atoms with Crippen LogP contribution in [0.1, 0.15) is 54.1 Å². The fourth-order valence-corrected chi connectivity index (χ4v) is 5.17. The lowest BCUT2D eigenvalue weighted by Crippen LogP contribution is -2.38. The van der Waals surface area contributed by atoms with Gasteiger partial charge in [-0.1, -0.05) is 24.3 Å². The average Bonchev–Trinajstić information content (AvgIpc) is 3.33. The normalized spacial score (nSPS) is 23.8. The summed E-state index contributed by atoms with van der Waals surface area (Å²) in [5.74, 6) is 1.34. The van der Waals surface area contributed by atoms with Crippen LogP contribution in [0.2, 0.25) is 0 Å². The standard InChI is InChI=1S/C23H28N4O/c1-2-6-16-7-5-8-17(22(16)28)15-27-18-9-10-21(27)19-14-24-23(25-20(19)13-18)26-11-3-4-12-26/h2,5,7-8,14,18,21,28H,1,3-4,6,9-13,15H2.